The van der Waals surface area contributed by atoms with Crippen LogP contribution in [0.2, 0.25) is 5.02 Å². The van der Waals surface area contributed by atoms with Crippen LogP contribution < -0.4 is 11.1 Å². The van der Waals surface area contributed by atoms with Gasteiger partial charge in [0.25, 0.3) is 0 Å². The Hall–Kier alpha value is -1.31. The van der Waals surface area contributed by atoms with Gasteiger partial charge >= 0.3 is 0 Å². The number of aliphatic hydroxyl groups is 1. The van der Waals surface area contributed by atoms with E-state index in [9.17, 15) is 5.11 Å². The van der Waals surface area contributed by atoms with Gasteiger partial charge in [0.15, 0.2) is 5.96 Å². The molecule has 0 heterocycles. The number of rotatable bonds is 6. The summed E-state index contributed by atoms with van der Waals surface area (Å²) in [5.74, 6) is 0.321. The molecule has 0 spiro atoms. The molecule has 23 heavy (non-hydrogen) atoms. The van der Waals surface area contributed by atoms with Crippen LogP contribution in [0.15, 0.2) is 59.6 Å². The number of nitrogens with one attached hydrogen (secondary N) is 1. The third-order valence-electron chi connectivity index (χ3n) is 3.26. The lowest BCUT2D eigenvalue weighted by atomic mass is 10.1. The normalized spacial score (nSPS) is 12.3. The molecule has 4 N–H and O–H groups in total. The largest absolute Gasteiger partial charge is 0.386 e. The van der Waals surface area contributed by atoms with E-state index >= 15 is 0 Å². The second kappa shape index (κ2) is 10.5. The molecule has 2 aromatic rings. The molecule has 0 saturated heterocycles. The maximum Gasteiger partial charge on any atom is 0.188 e. The molecule has 0 aromatic heterocycles. The number of nitrogens with two attached hydrogens (primary N) is 1. The maximum absolute atomic E-state index is 10.1. The van der Waals surface area contributed by atoms with Crippen molar-refractivity contribution in [3.63, 3.8) is 0 Å². The number of aliphatic hydroxyl groups excluding tert-OH is 1. The van der Waals surface area contributed by atoms with Gasteiger partial charge in [0.1, 0.15) is 6.10 Å². The Morgan fingerprint density at radius 2 is 1.78 bits per heavy atom. The standard InChI is InChI=1S/C17H20ClN3O.HI/c18-15-9-5-4-8-14(15)16(22)12-21-17(19)20-11-10-13-6-2-1-3-7-13;/h1-9,16,22H,10-12H2,(H3,19,20,21);1H. The van der Waals surface area contributed by atoms with Gasteiger partial charge in [-0.05, 0) is 18.1 Å². The minimum absolute atomic E-state index is 0. The molecule has 1 unspecified atom stereocenters. The Labute approximate surface area is 158 Å². The molecule has 0 bridgehead atoms. The average molecular weight is 446 g/mol. The lowest BCUT2D eigenvalue weighted by Gasteiger charge is -2.11. The quantitative estimate of drug-likeness (QED) is 0.363. The van der Waals surface area contributed by atoms with E-state index in [1.54, 1.807) is 12.1 Å². The molecule has 0 saturated carbocycles. The van der Waals surface area contributed by atoms with Crippen molar-refractivity contribution in [1.82, 2.24) is 5.32 Å². The molecule has 124 valence electrons. The van der Waals surface area contributed by atoms with Crippen LogP contribution in [0.3, 0.4) is 0 Å². The number of guanidine groups is 1. The molecular formula is C17H21ClIN3O. The van der Waals surface area contributed by atoms with E-state index in [-0.39, 0.29) is 30.5 Å². The van der Waals surface area contributed by atoms with Crippen LogP contribution in [-0.2, 0) is 6.42 Å². The van der Waals surface area contributed by atoms with Crippen molar-refractivity contribution in [3.8, 4) is 0 Å². The summed E-state index contributed by atoms with van der Waals surface area (Å²) in [7, 11) is 0. The number of aliphatic imine (C=N–C) groups is 1. The molecule has 2 rings (SSSR count). The van der Waals surface area contributed by atoms with Crippen LogP contribution in [0.1, 0.15) is 17.2 Å². The minimum atomic E-state index is -0.761. The van der Waals surface area contributed by atoms with Gasteiger partial charge < -0.3 is 16.2 Å². The number of halogens is 2. The smallest absolute Gasteiger partial charge is 0.188 e. The zero-order valence-electron chi connectivity index (χ0n) is 12.7. The van der Waals surface area contributed by atoms with Crippen LogP contribution in [0.25, 0.3) is 0 Å². The zero-order valence-corrected chi connectivity index (χ0v) is 15.7. The first kappa shape index (κ1) is 19.7. The van der Waals surface area contributed by atoms with Crippen LogP contribution in [0, 0.1) is 0 Å². The van der Waals surface area contributed by atoms with Crippen molar-refractivity contribution in [3.05, 3.63) is 70.7 Å². The molecule has 4 nitrogen and oxygen atoms in total. The summed E-state index contributed by atoms with van der Waals surface area (Å²) in [5, 5.41) is 13.6. The molecule has 2 aromatic carbocycles. The van der Waals surface area contributed by atoms with Crippen LogP contribution in [0.4, 0.5) is 0 Å². The first-order valence-electron chi connectivity index (χ1n) is 7.17. The highest BCUT2D eigenvalue weighted by Gasteiger charge is 2.10. The topological polar surface area (TPSA) is 70.6 Å². The molecule has 0 aliphatic heterocycles. The fraction of sp³-hybridized carbons (Fsp3) is 0.235. The zero-order chi connectivity index (χ0) is 15.8. The van der Waals surface area contributed by atoms with Crippen molar-refractivity contribution in [2.75, 3.05) is 13.1 Å². The Morgan fingerprint density at radius 1 is 1.13 bits per heavy atom. The predicted octanol–water partition coefficient (Wildman–Crippen LogP) is 3.14. The summed E-state index contributed by atoms with van der Waals surface area (Å²) in [6.45, 7) is 0.870. The number of hydrogen-bond acceptors (Lipinski definition) is 2. The van der Waals surface area contributed by atoms with E-state index in [4.69, 9.17) is 17.3 Å². The SMILES string of the molecule is I.NC(=NCC(O)c1ccccc1Cl)NCCc1ccccc1. The molecule has 0 radical (unpaired) electrons. The Kier molecular flexibility index (Phi) is 8.98. The highest BCUT2D eigenvalue weighted by Crippen LogP contribution is 2.22. The summed E-state index contributed by atoms with van der Waals surface area (Å²) in [5.41, 5.74) is 7.69. The Bertz CT molecular complexity index is 622. The van der Waals surface area contributed by atoms with Gasteiger partial charge in [-0.1, -0.05) is 60.1 Å². The third-order valence-corrected chi connectivity index (χ3v) is 3.61. The van der Waals surface area contributed by atoms with E-state index in [2.05, 4.69) is 22.4 Å². The molecular weight excluding hydrogens is 425 g/mol. The van der Waals surface area contributed by atoms with Crippen LogP contribution >= 0.6 is 35.6 Å². The highest BCUT2D eigenvalue weighted by molar-refractivity contribution is 14.0. The average Bonchev–Trinajstić information content (AvgIpc) is 2.54. The number of benzene rings is 2. The van der Waals surface area contributed by atoms with Gasteiger partial charge in [0, 0.05) is 17.1 Å². The lowest BCUT2D eigenvalue weighted by molar-refractivity contribution is 0.187. The van der Waals surface area contributed by atoms with E-state index in [0.29, 0.717) is 23.1 Å². The van der Waals surface area contributed by atoms with Crippen molar-refractivity contribution in [2.24, 2.45) is 10.7 Å². The molecule has 0 fully saturated rings. The van der Waals surface area contributed by atoms with Crippen molar-refractivity contribution < 1.29 is 5.11 Å². The Morgan fingerprint density at radius 3 is 2.48 bits per heavy atom. The van der Waals surface area contributed by atoms with Crippen molar-refractivity contribution in [2.45, 2.75) is 12.5 Å². The summed E-state index contributed by atoms with van der Waals surface area (Å²) in [6, 6.07) is 17.3. The van der Waals surface area contributed by atoms with Gasteiger partial charge in [-0.2, -0.15) is 0 Å². The summed E-state index contributed by atoms with van der Waals surface area (Å²) < 4.78 is 0. The minimum Gasteiger partial charge on any atom is -0.386 e. The molecule has 0 amide bonds. The summed E-state index contributed by atoms with van der Waals surface area (Å²) in [6.07, 6.45) is 0.104. The van der Waals surface area contributed by atoms with E-state index in [0.717, 1.165) is 6.42 Å². The van der Waals surface area contributed by atoms with Gasteiger partial charge in [-0.25, -0.2) is 0 Å². The van der Waals surface area contributed by atoms with E-state index in [1.807, 2.05) is 30.3 Å². The van der Waals surface area contributed by atoms with Gasteiger partial charge in [0.05, 0.1) is 6.54 Å². The van der Waals surface area contributed by atoms with Crippen molar-refractivity contribution >= 4 is 41.5 Å². The highest BCUT2D eigenvalue weighted by atomic mass is 127. The van der Waals surface area contributed by atoms with Gasteiger partial charge in [-0.15, -0.1) is 24.0 Å². The second-order valence-electron chi connectivity index (χ2n) is 4.93. The first-order chi connectivity index (χ1) is 10.7. The number of nitrogens with zero attached hydrogens (tertiary/aromatic N) is 1. The molecule has 1 atom stereocenters. The van der Waals surface area contributed by atoms with Gasteiger partial charge in [-0.3, -0.25) is 4.99 Å². The van der Waals surface area contributed by atoms with Gasteiger partial charge in [0.2, 0.25) is 0 Å². The third kappa shape index (κ3) is 6.76. The molecule has 0 aliphatic rings. The summed E-state index contributed by atoms with van der Waals surface area (Å²) >= 11 is 6.03. The van der Waals surface area contributed by atoms with Crippen molar-refractivity contribution in [1.29, 1.82) is 0 Å². The fourth-order valence-electron chi connectivity index (χ4n) is 2.06. The van der Waals surface area contributed by atoms with Crippen LogP contribution in [0.5, 0.6) is 0 Å². The predicted molar refractivity (Wildman–Crippen MR) is 106 cm³/mol. The lowest BCUT2D eigenvalue weighted by Crippen LogP contribution is -2.33. The maximum atomic E-state index is 10.1. The first-order valence-corrected chi connectivity index (χ1v) is 7.55. The van der Waals surface area contributed by atoms with E-state index in [1.165, 1.54) is 5.56 Å². The monoisotopic (exact) mass is 445 g/mol. The molecule has 0 aliphatic carbocycles. The summed E-state index contributed by atoms with van der Waals surface area (Å²) in [4.78, 5) is 4.15. The second-order valence-corrected chi connectivity index (χ2v) is 5.33. The fourth-order valence-corrected chi connectivity index (χ4v) is 2.33. The molecule has 6 heteroatoms. The van der Waals surface area contributed by atoms with E-state index < -0.39 is 6.10 Å². The number of hydrogen-bond donors (Lipinski definition) is 3. The van der Waals surface area contributed by atoms with Crippen LogP contribution in [-0.4, -0.2) is 24.2 Å². The Balaban J connectivity index is 0.00000264.